The zero-order valence-electron chi connectivity index (χ0n) is 12.0. The van der Waals surface area contributed by atoms with E-state index in [4.69, 9.17) is 10.5 Å². The fourth-order valence-corrected chi connectivity index (χ4v) is 1.73. The molecule has 5 heteroatoms. The first-order chi connectivity index (χ1) is 9.74. The minimum Gasteiger partial charge on any atom is -0.375 e. The quantitative estimate of drug-likeness (QED) is 0.413. The summed E-state index contributed by atoms with van der Waals surface area (Å²) in [5.41, 5.74) is 8.86. The number of nitrogens with zero attached hydrogens (tertiary/aromatic N) is 1. The Morgan fingerprint density at radius 1 is 1.25 bits per heavy atom. The normalized spacial score (nSPS) is 11.3. The Morgan fingerprint density at radius 2 is 2.00 bits per heavy atom. The van der Waals surface area contributed by atoms with Crippen LogP contribution in [-0.2, 0) is 4.74 Å². The first-order valence-corrected chi connectivity index (χ1v) is 6.99. The maximum absolute atomic E-state index is 10.7. The predicted octanol–water partition coefficient (Wildman–Crippen LogP) is 2.66. The lowest BCUT2D eigenvalue weighted by Crippen LogP contribution is -2.27. The highest BCUT2D eigenvalue weighted by molar-refractivity contribution is 6.01. The fourth-order valence-electron chi connectivity index (χ4n) is 1.73. The van der Waals surface area contributed by atoms with Crippen molar-refractivity contribution < 1.29 is 9.53 Å². The Bertz CT molecular complexity index is 418. The van der Waals surface area contributed by atoms with Crippen molar-refractivity contribution >= 4 is 11.7 Å². The van der Waals surface area contributed by atoms with Crippen molar-refractivity contribution in [3.05, 3.63) is 35.9 Å². The smallest absolute Gasteiger partial charge is 0.332 e. The SMILES string of the molecule is CCCCCCOC/C(=N/NC(N)=O)c1ccccc1. The van der Waals surface area contributed by atoms with Gasteiger partial charge in [0.1, 0.15) is 0 Å². The number of hydrogen-bond acceptors (Lipinski definition) is 3. The highest BCUT2D eigenvalue weighted by Gasteiger charge is 2.04. The van der Waals surface area contributed by atoms with Gasteiger partial charge in [0.25, 0.3) is 0 Å². The van der Waals surface area contributed by atoms with Gasteiger partial charge >= 0.3 is 6.03 Å². The number of hydrazone groups is 1. The molecule has 0 radical (unpaired) electrons. The molecule has 0 fully saturated rings. The molecule has 0 aliphatic carbocycles. The second-order valence-corrected chi connectivity index (χ2v) is 4.51. The van der Waals surface area contributed by atoms with E-state index in [0.717, 1.165) is 12.0 Å². The fraction of sp³-hybridized carbons (Fsp3) is 0.467. The van der Waals surface area contributed by atoms with Gasteiger partial charge in [-0.25, -0.2) is 10.2 Å². The molecular weight excluding hydrogens is 254 g/mol. The number of carbonyl (C=O) groups excluding carboxylic acids is 1. The summed E-state index contributed by atoms with van der Waals surface area (Å²) in [4.78, 5) is 10.7. The van der Waals surface area contributed by atoms with Gasteiger partial charge in [0, 0.05) is 12.2 Å². The van der Waals surface area contributed by atoms with Crippen molar-refractivity contribution in [2.75, 3.05) is 13.2 Å². The lowest BCUT2D eigenvalue weighted by Gasteiger charge is -2.08. The summed E-state index contributed by atoms with van der Waals surface area (Å²) in [7, 11) is 0. The van der Waals surface area contributed by atoms with Crippen molar-refractivity contribution in [1.29, 1.82) is 0 Å². The van der Waals surface area contributed by atoms with Crippen LogP contribution in [0, 0.1) is 0 Å². The van der Waals surface area contributed by atoms with Gasteiger partial charge < -0.3 is 10.5 Å². The lowest BCUT2D eigenvalue weighted by atomic mass is 10.1. The summed E-state index contributed by atoms with van der Waals surface area (Å²) < 4.78 is 5.61. The van der Waals surface area contributed by atoms with Gasteiger partial charge in [0.05, 0.1) is 12.3 Å². The van der Waals surface area contributed by atoms with Crippen molar-refractivity contribution in [2.45, 2.75) is 32.6 Å². The van der Waals surface area contributed by atoms with E-state index >= 15 is 0 Å². The number of amides is 2. The summed E-state index contributed by atoms with van der Waals surface area (Å²) >= 11 is 0. The van der Waals surface area contributed by atoms with E-state index in [1.807, 2.05) is 30.3 Å². The van der Waals surface area contributed by atoms with Crippen molar-refractivity contribution in [3.8, 4) is 0 Å². The van der Waals surface area contributed by atoms with Gasteiger partial charge in [-0.3, -0.25) is 0 Å². The average Bonchev–Trinajstić information content (AvgIpc) is 2.46. The van der Waals surface area contributed by atoms with Crippen LogP contribution in [0.2, 0.25) is 0 Å². The van der Waals surface area contributed by atoms with Crippen LogP contribution in [0.5, 0.6) is 0 Å². The summed E-state index contributed by atoms with van der Waals surface area (Å²) in [6.07, 6.45) is 4.65. The van der Waals surface area contributed by atoms with E-state index < -0.39 is 6.03 Å². The van der Waals surface area contributed by atoms with E-state index in [1.54, 1.807) is 0 Å². The molecule has 5 nitrogen and oxygen atoms in total. The maximum atomic E-state index is 10.7. The van der Waals surface area contributed by atoms with Gasteiger partial charge in [-0.1, -0.05) is 56.5 Å². The number of urea groups is 1. The number of benzene rings is 1. The highest BCUT2D eigenvalue weighted by atomic mass is 16.5. The monoisotopic (exact) mass is 277 g/mol. The van der Waals surface area contributed by atoms with E-state index in [9.17, 15) is 4.79 Å². The average molecular weight is 277 g/mol. The third-order valence-corrected chi connectivity index (χ3v) is 2.79. The Labute approximate surface area is 120 Å². The molecule has 1 aromatic rings. The van der Waals surface area contributed by atoms with Crippen LogP contribution >= 0.6 is 0 Å². The van der Waals surface area contributed by atoms with Crippen LogP contribution in [-0.4, -0.2) is 25.0 Å². The Balaban J connectivity index is 2.47. The van der Waals surface area contributed by atoms with Gasteiger partial charge in [0.15, 0.2) is 0 Å². The van der Waals surface area contributed by atoms with Gasteiger partial charge in [-0.15, -0.1) is 0 Å². The molecule has 0 atom stereocenters. The Kier molecular flexibility index (Phi) is 8.07. The summed E-state index contributed by atoms with van der Waals surface area (Å²) in [6.45, 7) is 3.23. The van der Waals surface area contributed by atoms with Crippen LogP contribution in [0.25, 0.3) is 0 Å². The summed E-state index contributed by atoms with van der Waals surface area (Å²) in [5, 5.41) is 3.99. The second kappa shape index (κ2) is 9.97. The molecule has 0 heterocycles. The van der Waals surface area contributed by atoms with E-state index in [1.165, 1.54) is 19.3 Å². The Morgan fingerprint density at radius 3 is 2.65 bits per heavy atom. The first-order valence-electron chi connectivity index (χ1n) is 6.99. The largest absolute Gasteiger partial charge is 0.375 e. The molecular formula is C15H23N3O2. The van der Waals surface area contributed by atoms with Crippen molar-refractivity contribution in [3.63, 3.8) is 0 Å². The standard InChI is InChI=1S/C15H23N3O2/c1-2-3-4-8-11-20-12-14(17-18-15(16)19)13-9-6-5-7-10-13/h5-7,9-10H,2-4,8,11-12H2,1H3,(H3,16,18,19)/b17-14-. The number of ether oxygens (including phenoxy) is 1. The minimum absolute atomic E-state index is 0.358. The molecule has 0 spiro atoms. The molecule has 0 unspecified atom stereocenters. The number of hydrogen-bond donors (Lipinski definition) is 2. The van der Waals surface area contributed by atoms with Crippen LogP contribution in [0.3, 0.4) is 0 Å². The zero-order valence-corrected chi connectivity index (χ0v) is 12.0. The lowest BCUT2D eigenvalue weighted by molar-refractivity contribution is 0.166. The van der Waals surface area contributed by atoms with Crippen LogP contribution in [0.4, 0.5) is 4.79 Å². The third kappa shape index (κ3) is 6.89. The number of primary amides is 1. The topological polar surface area (TPSA) is 76.7 Å². The van der Waals surface area contributed by atoms with Crippen molar-refractivity contribution in [1.82, 2.24) is 5.43 Å². The number of rotatable bonds is 9. The van der Waals surface area contributed by atoms with Gasteiger partial charge in [-0.05, 0) is 6.42 Å². The van der Waals surface area contributed by atoms with E-state index in [0.29, 0.717) is 18.9 Å². The molecule has 1 rings (SSSR count). The van der Waals surface area contributed by atoms with Crippen LogP contribution < -0.4 is 11.2 Å². The molecule has 3 N–H and O–H groups in total. The molecule has 0 aliphatic rings. The molecule has 1 aromatic carbocycles. The summed E-state index contributed by atoms with van der Waals surface area (Å²) in [5.74, 6) is 0. The summed E-state index contributed by atoms with van der Waals surface area (Å²) in [6, 6.07) is 8.91. The van der Waals surface area contributed by atoms with Crippen LogP contribution in [0.15, 0.2) is 35.4 Å². The molecule has 0 aromatic heterocycles. The number of unbranched alkanes of at least 4 members (excludes halogenated alkanes) is 3. The molecule has 110 valence electrons. The third-order valence-electron chi connectivity index (χ3n) is 2.79. The van der Waals surface area contributed by atoms with Gasteiger partial charge in [0.2, 0.25) is 0 Å². The first kappa shape index (κ1) is 16.2. The second-order valence-electron chi connectivity index (χ2n) is 4.51. The van der Waals surface area contributed by atoms with Gasteiger partial charge in [-0.2, -0.15) is 5.10 Å². The van der Waals surface area contributed by atoms with Crippen molar-refractivity contribution in [2.24, 2.45) is 10.8 Å². The zero-order chi connectivity index (χ0) is 14.6. The van der Waals surface area contributed by atoms with E-state index in [-0.39, 0.29) is 0 Å². The van der Waals surface area contributed by atoms with Crippen LogP contribution in [0.1, 0.15) is 38.2 Å². The number of nitrogens with one attached hydrogen (secondary N) is 1. The molecule has 0 aliphatic heterocycles. The number of nitrogens with two attached hydrogens (primary N) is 1. The number of carbonyl (C=O) groups is 1. The minimum atomic E-state index is -0.679. The molecule has 0 bridgehead atoms. The Hall–Kier alpha value is -1.88. The van der Waals surface area contributed by atoms with E-state index in [2.05, 4.69) is 17.5 Å². The molecule has 20 heavy (non-hydrogen) atoms. The maximum Gasteiger partial charge on any atom is 0.332 e. The predicted molar refractivity (Wildman–Crippen MR) is 80.7 cm³/mol. The molecule has 0 saturated carbocycles. The molecule has 0 saturated heterocycles. The highest BCUT2D eigenvalue weighted by Crippen LogP contribution is 2.03. The molecule has 2 amide bonds.